The quantitative estimate of drug-likeness (QED) is 0.590. The lowest BCUT2D eigenvalue weighted by atomic mass is 10.1. The van der Waals surface area contributed by atoms with E-state index in [-0.39, 0.29) is 12.3 Å². The molecule has 1 rings (SSSR count). The van der Waals surface area contributed by atoms with Crippen LogP contribution in [-0.4, -0.2) is 21.7 Å². The molecule has 0 saturated heterocycles. The van der Waals surface area contributed by atoms with Crippen LogP contribution in [0.2, 0.25) is 0 Å². The van der Waals surface area contributed by atoms with Crippen LogP contribution in [0.5, 0.6) is 0 Å². The number of nitrogens with two attached hydrogens (primary N) is 1. The molecule has 0 radical (unpaired) electrons. The summed E-state index contributed by atoms with van der Waals surface area (Å²) in [4.78, 5) is 16.0. The van der Waals surface area contributed by atoms with Gasteiger partial charge in [-0.3, -0.25) is 4.79 Å². The predicted octanol–water partition coefficient (Wildman–Crippen LogP) is 3.44. The normalized spacial score (nSPS) is 12.3. The average molecular weight is 319 g/mol. The van der Waals surface area contributed by atoms with Gasteiger partial charge in [0.25, 0.3) is 0 Å². The van der Waals surface area contributed by atoms with Crippen molar-refractivity contribution in [2.75, 3.05) is 6.26 Å². The molecule has 4 nitrogen and oxygen atoms in total. The van der Waals surface area contributed by atoms with Crippen LogP contribution in [-0.2, 0) is 17.8 Å². The van der Waals surface area contributed by atoms with Crippen molar-refractivity contribution in [3.63, 3.8) is 0 Å². The van der Waals surface area contributed by atoms with Crippen LogP contribution < -0.4 is 5.73 Å². The van der Waals surface area contributed by atoms with E-state index in [1.54, 1.807) is 17.8 Å². The Bertz CT molecular complexity index is 597. The van der Waals surface area contributed by atoms with Crippen molar-refractivity contribution in [3.05, 3.63) is 48.0 Å². The number of allylic oxidation sites excluding steroid dienone is 5. The first-order valence-corrected chi connectivity index (χ1v) is 8.52. The van der Waals surface area contributed by atoms with Gasteiger partial charge in [0.05, 0.1) is 17.1 Å². The highest BCUT2D eigenvalue weighted by atomic mass is 32.2. The summed E-state index contributed by atoms with van der Waals surface area (Å²) in [6.07, 6.45) is 9.90. The lowest BCUT2D eigenvalue weighted by Crippen LogP contribution is -2.18. The van der Waals surface area contributed by atoms with Crippen LogP contribution in [0.25, 0.3) is 0 Å². The zero-order chi connectivity index (χ0) is 16.7. The number of rotatable bonds is 8. The fraction of sp³-hybridized carbons (Fsp3) is 0.412. The summed E-state index contributed by atoms with van der Waals surface area (Å²) < 4.78 is 2.09. The van der Waals surface area contributed by atoms with E-state index in [4.69, 9.17) is 5.73 Å². The monoisotopic (exact) mass is 319 g/mol. The zero-order valence-electron chi connectivity index (χ0n) is 13.8. The molecule has 0 fully saturated rings. The molecule has 0 bridgehead atoms. The Morgan fingerprint density at radius 2 is 2.18 bits per heavy atom. The van der Waals surface area contributed by atoms with Crippen molar-refractivity contribution < 1.29 is 4.79 Å². The molecule has 0 aliphatic heterocycles. The summed E-state index contributed by atoms with van der Waals surface area (Å²) in [6, 6.07) is 0. The van der Waals surface area contributed by atoms with Gasteiger partial charge in [-0.1, -0.05) is 44.7 Å². The van der Waals surface area contributed by atoms with Gasteiger partial charge in [0.15, 0.2) is 0 Å². The molecule has 5 heteroatoms. The summed E-state index contributed by atoms with van der Waals surface area (Å²) in [7, 11) is 0. The molecule has 0 aliphatic carbocycles. The zero-order valence-corrected chi connectivity index (χ0v) is 14.6. The summed E-state index contributed by atoms with van der Waals surface area (Å²) in [5.41, 5.74) is 7.53. The topological polar surface area (TPSA) is 60.9 Å². The molecule has 0 spiro atoms. The molecular weight excluding hydrogens is 294 g/mol. The predicted molar refractivity (Wildman–Crippen MR) is 94.1 cm³/mol. The van der Waals surface area contributed by atoms with Crippen LogP contribution in [0, 0.1) is 0 Å². The van der Waals surface area contributed by atoms with E-state index in [1.165, 1.54) is 0 Å². The Morgan fingerprint density at radius 1 is 1.50 bits per heavy atom. The lowest BCUT2D eigenvalue weighted by molar-refractivity contribution is -0.117. The van der Waals surface area contributed by atoms with Gasteiger partial charge in [-0.05, 0) is 24.7 Å². The summed E-state index contributed by atoms with van der Waals surface area (Å²) in [5.74, 6) is 0.665. The van der Waals surface area contributed by atoms with E-state index in [0.717, 1.165) is 22.1 Å². The maximum atomic E-state index is 11.3. The van der Waals surface area contributed by atoms with Gasteiger partial charge in [0.2, 0.25) is 5.91 Å². The van der Waals surface area contributed by atoms with Crippen molar-refractivity contribution >= 4 is 17.7 Å². The number of nitrogens with zero attached hydrogens (tertiary/aromatic N) is 2. The Labute approximate surface area is 137 Å². The third-order valence-corrected chi connectivity index (χ3v) is 4.07. The SMILES string of the molecule is C=C/C=C\C(=C/C)Cn1c(CC(N)=O)nc(C(C)C)c1SC. The standard InChI is InChI=1S/C17H25N3OS/c1-6-8-9-13(7-2)11-20-15(10-14(18)21)19-16(12(3)4)17(20)22-5/h6-9,12H,1,10-11H2,2-5H3,(H2,18,21)/b9-8-,13-7+. The first kappa shape index (κ1) is 18.3. The number of aromatic nitrogens is 2. The van der Waals surface area contributed by atoms with Crippen molar-refractivity contribution in [2.45, 2.75) is 44.7 Å². The second-order valence-electron chi connectivity index (χ2n) is 5.26. The van der Waals surface area contributed by atoms with Crippen LogP contribution >= 0.6 is 11.8 Å². The molecule has 1 aromatic rings. The van der Waals surface area contributed by atoms with Gasteiger partial charge >= 0.3 is 0 Å². The third-order valence-electron chi connectivity index (χ3n) is 3.26. The van der Waals surface area contributed by atoms with Crippen LogP contribution in [0.4, 0.5) is 0 Å². The van der Waals surface area contributed by atoms with Gasteiger partial charge in [-0.2, -0.15) is 0 Å². The number of carbonyl (C=O) groups excluding carboxylic acids is 1. The molecule has 120 valence electrons. The molecule has 0 unspecified atom stereocenters. The molecule has 0 saturated carbocycles. The summed E-state index contributed by atoms with van der Waals surface area (Å²) >= 11 is 1.65. The van der Waals surface area contributed by atoms with Crippen molar-refractivity contribution in [1.29, 1.82) is 0 Å². The molecule has 0 aliphatic rings. The van der Waals surface area contributed by atoms with Gasteiger partial charge in [-0.15, -0.1) is 11.8 Å². The minimum atomic E-state index is -0.363. The van der Waals surface area contributed by atoms with Crippen molar-refractivity contribution in [2.24, 2.45) is 5.73 Å². The molecule has 22 heavy (non-hydrogen) atoms. The van der Waals surface area contributed by atoms with Crippen molar-refractivity contribution in [3.8, 4) is 0 Å². The lowest BCUT2D eigenvalue weighted by Gasteiger charge is -2.12. The number of amides is 1. The number of imidazole rings is 1. The molecule has 0 atom stereocenters. The smallest absolute Gasteiger partial charge is 0.225 e. The van der Waals surface area contributed by atoms with E-state index >= 15 is 0 Å². The Kier molecular flexibility index (Phi) is 7.18. The Balaban J connectivity index is 3.31. The van der Waals surface area contributed by atoms with E-state index in [1.807, 2.05) is 31.4 Å². The highest BCUT2D eigenvalue weighted by Crippen LogP contribution is 2.29. The Morgan fingerprint density at radius 3 is 2.64 bits per heavy atom. The second-order valence-corrected chi connectivity index (χ2v) is 6.06. The first-order valence-electron chi connectivity index (χ1n) is 7.30. The maximum absolute atomic E-state index is 11.3. The molecule has 1 heterocycles. The van der Waals surface area contributed by atoms with Crippen molar-refractivity contribution in [1.82, 2.24) is 9.55 Å². The molecular formula is C17H25N3OS. The van der Waals surface area contributed by atoms with E-state index in [2.05, 4.69) is 30.0 Å². The number of hydrogen-bond acceptors (Lipinski definition) is 3. The van der Waals surface area contributed by atoms with Gasteiger partial charge in [0, 0.05) is 6.54 Å². The van der Waals surface area contributed by atoms with Gasteiger partial charge in [-0.25, -0.2) is 4.98 Å². The van der Waals surface area contributed by atoms with Gasteiger partial charge < -0.3 is 10.3 Å². The van der Waals surface area contributed by atoms with E-state index in [0.29, 0.717) is 12.5 Å². The van der Waals surface area contributed by atoms with Gasteiger partial charge in [0.1, 0.15) is 5.82 Å². The molecule has 1 aromatic heterocycles. The highest BCUT2D eigenvalue weighted by Gasteiger charge is 2.20. The maximum Gasteiger partial charge on any atom is 0.225 e. The van der Waals surface area contributed by atoms with E-state index < -0.39 is 0 Å². The Hall–Kier alpha value is -1.75. The highest BCUT2D eigenvalue weighted by molar-refractivity contribution is 7.98. The van der Waals surface area contributed by atoms with E-state index in [9.17, 15) is 4.79 Å². The largest absolute Gasteiger partial charge is 0.369 e. The minimum absolute atomic E-state index is 0.155. The number of primary amides is 1. The fourth-order valence-corrected chi connectivity index (χ4v) is 3.04. The molecule has 1 amide bonds. The number of carbonyl (C=O) groups is 1. The fourth-order valence-electron chi connectivity index (χ4n) is 2.16. The number of hydrogen-bond donors (Lipinski definition) is 1. The first-order chi connectivity index (χ1) is 10.4. The summed E-state index contributed by atoms with van der Waals surface area (Å²) in [5, 5.41) is 1.10. The summed E-state index contributed by atoms with van der Waals surface area (Å²) in [6.45, 7) is 10.6. The average Bonchev–Trinajstić information content (AvgIpc) is 2.80. The minimum Gasteiger partial charge on any atom is -0.369 e. The molecule has 2 N–H and O–H groups in total. The van der Waals surface area contributed by atoms with Crippen LogP contribution in [0.1, 0.15) is 38.2 Å². The molecule has 0 aromatic carbocycles. The third kappa shape index (κ3) is 4.63. The van der Waals surface area contributed by atoms with Crippen LogP contribution in [0.15, 0.2) is 41.5 Å². The second kappa shape index (κ2) is 8.63. The van der Waals surface area contributed by atoms with Crippen LogP contribution in [0.3, 0.4) is 0 Å². The number of thioether (sulfide) groups is 1.